The molecule has 1 unspecified atom stereocenters. The highest BCUT2D eigenvalue weighted by Crippen LogP contribution is 2.32. The normalized spacial score (nSPS) is 19.8. The lowest BCUT2D eigenvalue weighted by molar-refractivity contribution is -0.122. The molecule has 2 heterocycles. The first kappa shape index (κ1) is 17.2. The maximum atomic E-state index is 12.6. The molecule has 4 rings (SSSR count). The molecule has 1 atom stereocenters. The molecule has 1 aromatic carbocycles. The van der Waals surface area contributed by atoms with Crippen LogP contribution in [0.2, 0.25) is 0 Å². The van der Waals surface area contributed by atoms with Crippen molar-refractivity contribution < 1.29 is 13.2 Å². The molecule has 1 aliphatic carbocycles. The first-order valence-electron chi connectivity index (χ1n) is 8.78. The molecule has 26 heavy (non-hydrogen) atoms. The van der Waals surface area contributed by atoms with Gasteiger partial charge >= 0.3 is 0 Å². The van der Waals surface area contributed by atoms with Crippen LogP contribution in [-0.4, -0.2) is 41.2 Å². The van der Waals surface area contributed by atoms with E-state index < -0.39 is 10.0 Å². The largest absolute Gasteiger partial charge is 0.350 e. The number of benzene rings is 1. The van der Waals surface area contributed by atoms with Gasteiger partial charge in [0.1, 0.15) is 0 Å². The molecule has 138 valence electrons. The van der Waals surface area contributed by atoms with Crippen molar-refractivity contribution in [1.82, 2.24) is 19.4 Å². The van der Waals surface area contributed by atoms with Crippen molar-refractivity contribution in [2.45, 2.75) is 38.4 Å². The second kappa shape index (κ2) is 6.51. The SMILES string of the molecule is CS(=O)(=O)N1CCn2nc(CNC(=O)C3CCc4ccccc43)cc2C1. The fourth-order valence-corrected chi connectivity index (χ4v) is 4.58. The van der Waals surface area contributed by atoms with E-state index in [-0.39, 0.29) is 11.8 Å². The Labute approximate surface area is 153 Å². The maximum Gasteiger partial charge on any atom is 0.227 e. The number of carbonyl (C=O) groups is 1. The minimum Gasteiger partial charge on any atom is -0.350 e. The van der Waals surface area contributed by atoms with E-state index >= 15 is 0 Å². The molecule has 1 aromatic heterocycles. The lowest BCUT2D eigenvalue weighted by atomic mass is 10.0. The Morgan fingerprint density at radius 2 is 2.12 bits per heavy atom. The minimum atomic E-state index is -3.20. The average Bonchev–Trinajstić information content (AvgIpc) is 3.21. The van der Waals surface area contributed by atoms with Crippen LogP contribution in [0.15, 0.2) is 30.3 Å². The lowest BCUT2D eigenvalue weighted by Gasteiger charge is -2.25. The molecule has 1 aliphatic heterocycles. The van der Waals surface area contributed by atoms with Gasteiger partial charge in [0.05, 0.1) is 43.2 Å². The van der Waals surface area contributed by atoms with E-state index in [1.165, 1.54) is 16.1 Å². The van der Waals surface area contributed by atoms with Crippen LogP contribution in [0.25, 0.3) is 0 Å². The molecule has 0 bridgehead atoms. The number of aromatic nitrogens is 2. The van der Waals surface area contributed by atoms with Crippen LogP contribution in [0.3, 0.4) is 0 Å². The predicted octanol–water partition coefficient (Wildman–Crippen LogP) is 1.00. The number of fused-ring (bicyclic) bond motifs is 2. The molecule has 0 saturated heterocycles. The number of aryl methyl sites for hydroxylation is 1. The summed E-state index contributed by atoms with van der Waals surface area (Å²) in [4.78, 5) is 12.6. The fourth-order valence-electron chi connectivity index (χ4n) is 3.80. The maximum absolute atomic E-state index is 12.6. The summed E-state index contributed by atoms with van der Waals surface area (Å²) in [6.07, 6.45) is 3.00. The zero-order valence-electron chi connectivity index (χ0n) is 14.7. The van der Waals surface area contributed by atoms with Gasteiger partial charge in [0.2, 0.25) is 15.9 Å². The van der Waals surface area contributed by atoms with E-state index in [2.05, 4.69) is 16.5 Å². The first-order chi connectivity index (χ1) is 12.4. The van der Waals surface area contributed by atoms with E-state index in [9.17, 15) is 13.2 Å². The van der Waals surface area contributed by atoms with E-state index in [0.717, 1.165) is 29.8 Å². The molecule has 0 spiro atoms. The molecule has 1 N–H and O–H groups in total. The van der Waals surface area contributed by atoms with Crippen molar-refractivity contribution in [3.8, 4) is 0 Å². The molecule has 0 radical (unpaired) electrons. The molecular weight excluding hydrogens is 352 g/mol. The number of nitrogens with zero attached hydrogens (tertiary/aromatic N) is 3. The molecule has 1 amide bonds. The van der Waals surface area contributed by atoms with Crippen LogP contribution < -0.4 is 5.32 Å². The Morgan fingerprint density at radius 3 is 2.92 bits per heavy atom. The third-order valence-electron chi connectivity index (χ3n) is 5.18. The zero-order chi connectivity index (χ0) is 18.3. The van der Waals surface area contributed by atoms with Crippen molar-refractivity contribution in [3.63, 3.8) is 0 Å². The Hall–Kier alpha value is -2.19. The second-order valence-electron chi connectivity index (χ2n) is 6.95. The first-order valence-corrected chi connectivity index (χ1v) is 10.6. The number of hydrogen-bond donors (Lipinski definition) is 1. The van der Waals surface area contributed by atoms with Crippen LogP contribution in [0.1, 0.15) is 34.9 Å². The standard InChI is InChI=1S/C18H22N4O3S/c1-26(24,25)21-8-9-22-15(12-21)10-14(20-22)11-19-18(23)17-7-6-13-4-2-3-5-16(13)17/h2-5,10,17H,6-9,11-12H2,1H3,(H,19,23). The van der Waals surface area contributed by atoms with Gasteiger partial charge in [-0.25, -0.2) is 8.42 Å². The molecular formula is C18H22N4O3S. The summed E-state index contributed by atoms with van der Waals surface area (Å²) in [5.74, 6) is -0.0668. The Kier molecular flexibility index (Phi) is 4.32. The number of hydrogen-bond acceptors (Lipinski definition) is 4. The van der Waals surface area contributed by atoms with Gasteiger partial charge in [0.15, 0.2) is 0 Å². The van der Waals surface area contributed by atoms with Gasteiger partial charge in [0, 0.05) is 6.54 Å². The summed E-state index contributed by atoms with van der Waals surface area (Å²) < 4.78 is 26.7. The Balaban J connectivity index is 1.41. The van der Waals surface area contributed by atoms with Crippen LogP contribution in [0.5, 0.6) is 0 Å². The number of carbonyl (C=O) groups excluding carboxylic acids is 1. The van der Waals surface area contributed by atoms with E-state index in [0.29, 0.717) is 26.2 Å². The summed E-state index contributed by atoms with van der Waals surface area (Å²) in [6.45, 7) is 1.65. The zero-order valence-corrected chi connectivity index (χ0v) is 15.5. The van der Waals surface area contributed by atoms with Crippen LogP contribution in [0, 0.1) is 0 Å². The summed E-state index contributed by atoms with van der Waals surface area (Å²) in [6, 6.07) is 9.97. The summed E-state index contributed by atoms with van der Waals surface area (Å²) in [5.41, 5.74) is 4.00. The van der Waals surface area contributed by atoms with Crippen LogP contribution in [0.4, 0.5) is 0 Å². The van der Waals surface area contributed by atoms with Crippen molar-refractivity contribution >= 4 is 15.9 Å². The topological polar surface area (TPSA) is 84.3 Å². The molecule has 0 saturated carbocycles. The minimum absolute atomic E-state index is 0.0266. The van der Waals surface area contributed by atoms with E-state index in [1.54, 1.807) is 0 Å². The summed E-state index contributed by atoms with van der Waals surface area (Å²) in [7, 11) is -3.20. The number of rotatable bonds is 4. The Bertz CT molecular complexity index is 951. The van der Waals surface area contributed by atoms with Crippen LogP contribution >= 0.6 is 0 Å². The van der Waals surface area contributed by atoms with Crippen molar-refractivity contribution in [3.05, 3.63) is 52.8 Å². The molecule has 7 nitrogen and oxygen atoms in total. The highest BCUT2D eigenvalue weighted by molar-refractivity contribution is 7.88. The van der Waals surface area contributed by atoms with E-state index in [4.69, 9.17) is 0 Å². The van der Waals surface area contributed by atoms with Gasteiger partial charge in [-0.15, -0.1) is 0 Å². The van der Waals surface area contributed by atoms with Crippen molar-refractivity contribution in [1.29, 1.82) is 0 Å². The fraction of sp³-hybridized carbons (Fsp3) is 0.444. The third-order valence-corrected chi connectivity index (χ3v) is 6.43. The van der Waals surface area contributed by atoms with Gasteiger partial charge in [-0.1, -0.05) is 24.3 Å². The molecule has 2 aromatic rings. The number of sulfonamides is 1. The third kappa shape index (κ3) is 3.26. The molecule has 2 aliphatic rings. The lowest BCUT2D eigenvalue weighted by Crippen LogP contribution is -2.37. The second-order valence-corrected chi connectivity index (χ2v) is 8.94. The number of amides is 1. The summed E-state index contributed by atoms with van der Waals surface area (Å²) >= 11 is 0. The quantitative estimate of drug-likeness (QED) is 0.865. The van der Waals surface area contributed by atoms with Crippen LogP contribution in [-0.2, 0) is 40.9 Å². The molecule has 8 heteroatoms. The van der Waals surface area contributed by atoms with Gasteiger partial charge in [-0.2, -0.15) is 9.40 Å². The Morgan fingerprint density at radius 1 is 1.31 bits per heavy atom. The monoisotopic (exact) mass is 374 g/mol. The summed E-state index contributed by atoms with van der Waals surface area (Å²) in [5, 5.41) is 7.48. The number of nitrogens with one attached hydrogen (secondary N) is 1. The molecule has 0 fully saturated rings. The van der Waals surface area contributed by atoms with Gasteiger partial charge < -0.3 is 5.32 Å². The van der Waals surface area contributed by atoms with Gasteiger partial charge in [-0.05, 0) is 30.0 Å². The van der Waals surface area contributed by atoms with Gasteiger partial charge in [-0.3, -0.25) is 9.48 Å². The highest BCUT2D eigenvalue weighted by Gasteiger charge is 2.28. The average molecular weight is 374 g/mol. The van der Waals surface area contributed by atoms with Crippen molar-refractivity contribution in [2.24, 2.45) is 0 Å². The van der Waals surface area contributed by atoms with Crippen molar-refractivity contribution in [2.75, 3.05) is 12.8 Å². The van der Waals surface area contributed by atoms with E-state index in [1.807, 2.05) is 28.9 Å². The highest BCUT2D eigenvalue weighted by atomic mass is 32.2. The smallest absolute Gasteiger partial charge is 0.227 e. The van der Waals surface area contributed by atoms with Gasteiger partial charge in [0.25, 0.3) is 0 Å². The predicted molar refractivity (Wildman–Crippen MR) is 96.8 cm³/mol.